The van der Waals surface area contributed by atoms with Gasteiger partial charge in [0, 0.05) is 30.0 Å². The largest absolute Gasteiger partial charge is 0.396 e. The Morgan fingerprint density at radius 2 is 2.20 bits per heavy atom. The van der Waals surface area contributed by atoms with Crippen LogP contribution in [0, 0.1) is 5.41 Å². The molecule has 0 spiro atoms. The maximum atomic E-state index is 9.11. The summed E-state index contributed by atoms with van der Waals surface area (Å²) in [6.45, 7) is 8.31. The molecule has 86 valence electrons. The van der Waals surface area contributed by atoms with E-state index in [1.807, 2.05) is 11.3 Å². The summed E-state index contributed by atoms with van der Waals surface area (Å²) in [5, 5.41) is 14.7. The Kier molecular flexibility index (Phi) is 4.77. The van der Waals surface area contributed by atoms with Crippen molar-refractivity contribution >= 4 is 11.3 Å². The first-order valence-electron chi connectivity index (χ1n) is 5.46. The van der Waals surface area contributed by atoms with Gasteiger partial charge in [0.25, 0.3) is 0 Å². The van der Waals surface area contributed by atoms with Crippen molar-refractivity contribution in [2.45, 2.75) is 33.7 Å². The summed E-state index contributed by atoms with van der Waals surface area (Å²) >= 11 is 1.81. The minimum atomic E-state index is -0.0242. The third-order valence-corrected chi connectivity index (χ3v) is 3.50. The zero-order valence-electron chi connectivity index (χ0n) is 9.84. The molecule has 0 aliphatic heterocycles. The van der Waals surface area contributed by atoms with Gasteiger partial charge in [0.2, 0.25) is 0 Å². The molecule has 1 rings (SSSR count). The highest BCUT2D eigenvalue weighted by Crippen LogP contribution is 2.18. The summed E-state index contributed by atoms with van der Waals surface area (Å²) < 4.78 is 0. The summed E-state index contributed by atoms with van der Waals surface area (Å²) in [7, 11) is 0. The molecule has 2 nitrogen and oxygen atoms in total. The summed E-state index contributed by atoms with van der Waals surface area (Å²) in [5.74, 6) is 0. The molecular weight excluding hydrogens is 206 g/mol. The van der Waals surface area contributed by atoms with E-state index in [9.17, 15) is 0 Å². The molecule has 0 saturated heterocycles. The molecule has 15 heavy (non-hydrogen) atoms. The Hall–Kier alpha value is -0.380. The lowest BCUT2D eigenvalue weighted by Gasteiger charge is -2.21. The minimum Gasteiger partial charge on any atom is -0.396 e. The Balaban J connectivity index is 2.38. The van der Waals surface area contributed by atoms with Gasteiger partial charge in [-0.3, -0.25) is 0 Å². The van der Waals surface area contributed by atoms with E-state index in [1.54, 1.807) is 0 Å². The van der Waals surface area contributed by atoms with E-state index in [0.717, 1.165) is 19.5 Å². The number of aliphatic hydroxyl groups excluding tert-OH is 1. The lowest BCUT2D eigenvalue weighted by Crippen LogP contribution is -2.31. The number of rotatable bonds is 6. The molecule has 0 aromatic carbocycles. The third kappa shape index (κ3) is 3.93. The van der Waals surface area contributed by atoms with Crippen LogP contribution < -0.4 is 5.32 Å². The smallest absolute Gasteiger partial charge is 0.0494 e. The number of hydrogen-bond acceptors (Lipinski definition) is 3. The third-order valence-electron chi connectivity index (χ3n) is 2.54. The lowest BCUT2D eigenvalue weighted by molar-refractivity contribution is 0.157. The predicted octanol–water partition coefficient (Wildman–Crippen LogP) is 2.42. The fourth-order valence-electron chi connectivity index (χ4n) is 1.41. The van der Waals surface area contributed by atoms with Crippen LogP contribution in [0.5, 0.6) is 0 Å². The average Bonchev–Trinajstić information content (AvgIpc) is 2.65. The highest BCUT2D eigenvalue weighted by Gasteiger charge is 2.15. The predicted molar refractivity (Wildman–Crippen MR) is 66.3 cm³/mol. The van der Waals surface area contributed by atoms with E-state index < -0.39 is 0 Å². The van der Waals surface area contributed by atoms with Crippen molar-refractivity contribution in [2.75, 3.05) is 13.2 Å². The van der Waals surface area contributed by atoms with E-state index in [2.05, 4.69) is 37.5 Å². The molecule has 1 aromatic heterocycles. The van der Waals surface area contributed by atoms with Gasteiger partial charge in [0.15, 0.2) is 0 Å². The van der Waals surface area contributed by atoms with Gasteiger partial charge in [-0.25, -0.2) is 0 Å². The van der Waals surface area contributed by atoms with Crippen LogP contribution in [0.15, 0.2) is 11.4 Å². The monoisotopic (exact) mass is 227 g/mol. The van der Waals surface area contributed by atoms with Gasteiger partial charge < -0.3 is 10.4 Å². The highest BCUT2D eigenvalue weighted by molar-refractivity contribution is 7.10. The minimum absolute atomic E-state index is 0.0242. The number of hydrogen-bond donors (Lipinski definition) is 2. The maximum absolute atomic E-state index is 9.11. The standard InChI is InChI=1S/C12H21NOS/c1-4-10-5-6-15-11(10)7-13-8-12(2,3)9-14/h5-6,13-14H,4,7-9H2,1-3H3. The molecule has 3 heteroatoms. The molecule has 0 fully saturated rings. The molecule has 0 radical (unpaired) electrons. The van der Waals surface area contributed by atoms with Gasteiger partial charge in [-0.1, -0.05) is 20.8 Å². The highest BCUT2D eigenvalue weighted by atomic mass is 32.1. The van der Waals surface area contributed by atoms with Crippen molar-refractivity contribution in [1.82, 2.24) is 5.32 Å². The van der Waals surface area contributed by atoms with E-state index in [-0.39, 0.29) is 12.0 Å². The molecule has 1 aromatic rings. The van der Waals surface area contributed by atoms with Gasteiger partial charge >= 0.3 is 0 Å². The van der Waals surface area contributed by atoms with Crippen LogP contribution in [0.4, 0.5) is 0 Å². The lowest BCUT2D eigenvalue weighted by atomic mass is 9.95. The summed E-state index contributed by atoms with van der Waals surface area (Å²) in [5.41, 5.74) is 1.42. The van der Waals surface area contributed by atoms with Gasteiger partial charge in [0.1, 0.15) is 0 Å². The van der Waals surface area contributed by atoms with Crippen LogP contribution in [0.3, 0.4) is 0 Å². The van der Waals surface area contributed by atoms with Gasteiger partial charge in [0.05, 0.1) is 0 Å². The second-order valence-electron chi connectivity index (χ2n) is 4.65. The fraction of sp³-hybridized carbons (Fsp3) is 0.667. The molecular formula is C12H21NOS. The van der Waals surface area contributed by atoms with Crippen molar-refractivity contribution in [3.05, 3.63) is 21.9 Å². The average molecular weight is 227 g/mol. The van der Waals surface area contributed by atoms with Crippen LogP contribution in [0.2, 0.25) is 0 Å². The molecule has 2 N–H and O–H groups in total. The van der Waals surface area contributed by atoms with Crippen molar-refractivity contribution in [1.29, 1.82) is 0 Å². The maximum Gasteiger partial charge on any atom is 0.0494 e. The van der Waals surface area contributed by atoms with Gasteiger partial charge in [-0.05, 0) is 23.4 Å². The van der Waals surface area contributed by atoms with E-state index >= 15 is 0 Å². The number of nitrogens with one attached hydrogen (secondary N) is 1. The molecule has 0 aliphatic carbocycles. The van der Waals surface area contributed by atoms with Crippen LogP contribution >= 0.6 is 11.3 Å². The zero-order valence-corrected chi connectivity index (χ0v) is 10.7. The molecule has 0 bridgehead atoms. The number of aliphatic hydroxyl groups is 1. The quantitative estimate of drug-likeness (QED) is 0.782. The van der Waals surface area contributed by atoms with Crippen LogP contribution in [-0.2, 0) is 13.0 Å². The second kappa shape index (κ2) is 5.64. The molecule has 0 unspecified atom stereocenters. The van der Waals surface area contributed by atoms with Gasteiger partial charge in [-0.15, -0.1) is 11.3 Å². The van der Waals surface area contributed by atoms with E-state index in [0.29, 0.717) is 0 Å². The second-order valence-corrected chi connectivity index (χ2v) is 5.65. The fourth-order valence-corrected chi connectivity index (χ4v) is 2.35. The first kappa shape index (κ1) is 12.7. The first-order chi connectivity index (χ1) is 7.09. The Morgan fingerprint density at radius 1 is 1.47 bits per heavy atom. The molecule has 0 atom stereocenters. The van der Waals surface area contributed by atoms with Crippen molar-refractivity contribution in [2.24, 2.45) is 5.41 Å². The normalized spacial score (nSPS) is 12.0. The van der Waals surface area contributed by atoms with Crippen LogP contribution in [0.25, 0.3) is 0 Å². The molecule has 0 saturated carbocycles. The summed E-state index contributed by atoms with van der Waals surface area (Å²) in [4.78, 5) is 1.42. The number of thiophene rings is 1. The molecule has 0 amide bonds. The van der Waals surface area contributed by atoms with Crippen molar-refractivity contribution < 1.29 is 5.11 Å². The molecule has 0 aliphatic rings. The van der Waals surface area contributed by atoms with Crippen molar-refractivity contribution in [3.63, 3.8) is 0 Å². The van der Waals surface area contributed by atoms with Gasteiger partial charge in [-0.2, -0.15) is 0 Å². The Bertz CT molecular complexity index is 294. The molecule has 1 heterocycles. The van der Waals surface area contributed by atoms with E-state index in [4.69, 9.17) is 5.11 Å². The summed E-state index contributed by atoms with van der Waals surface area (Å²) in [6, 6.07) is 2.19. The summed E-state index contributed by atoms with van der Waals surface area (Å²) in [6.07, 6.45) is 1.10. The zero-order chi connectivity index (χ0) is 11.3. The van der Waals surface area contributed by atoms with Crippen LogP contribution in [0.1, 0.15) is 31.2 Å². The Labute approximate surface area is 96.3 Å². The first-order valence-corrected chi connectivity index (χ1v) is 6.34. The van der Waals surface area contributed by atoms with E-state index in [1.165, 1.54) is 10.4 Å². The van der Waals surface area contributed by atoms with Crippen LogP contribution in [-0.4, -0.2) is 18.3 Å². The van der Waals surface area contributed by atoms with Crippen molar-refractivity contribution in [3.8, 4) is 0 Å². The number of aryl methyl sites for hydroxylation is 1. The SMILES string of the molecule is CCc1ccsc1CNCC(C)(C)CO. The Morgan fingerprint density at radius 3 is 2.80 bits per heavy atom. The topological polar surface area (TPSA) is 32.3 Å².